The number of aromatic nitrogens is 1. The third kappa shape index (κ3) is 2.26. The van der Waals surface area contributed by atoms with Crippen molar-refractivity contribution in [2.75, 3.05) is 6.54 Å². The van der Waals surface area contributed by atoms with E-state index in [9.17, 15) is 4.79 Å². The van der Waals surface area contributed by atoms with E-state index in [2.05, 4.69) is 20.9 Å². The van der Waals surface area contributed by atoms with Gasteiger partial charge in [0.05, 0.1) is 5.92 Å². The first-order chi connectivity index (χ1) is 6.16. The Morgan fingerprint density at radius 3 is 2.92 bits per heavy atom. The summed E-state index contributed by atoms with van der Waals surface area (Å²) in [5.41, 5.74) is 5.95. The van der Waals surface area contributed by atoms with E-state index in [1.807, 2.05) is 0 Å². The molecule has 0 saturated carbocycles. The molecule has 0 aliphatic carbocycles. The number of nitrogens with two attached hydrogens (primary N) is 1. The van der Waals surface area contributed by atoms with Crippen LogP contribution in [0.3, 0.4) is 0 Å². The average molecular weight is 245 g/mol. The van der Waals surface area contributed by atoms with Crippen molar-refractivity contribution in [3.8, 4) is 0 Å². The first-order valence-electron chi connectivity index (χ1n) is 3.69. The second-order valence-electron chi connectivity index (χ2n) is 2.52. The van der Waals surface area contributed by atoms with Crippen LogP contribution in [0.4, 0.5) is 0 Å². The number of rotatable bonds is 3. The van der Waals surface area contributed by atoms with Gasteiger partial charge < -0.3 is 10.8 Å². The van der Waals surface area contributed by atoms with E-state index in [0.29, 0.717) is 5.56 Å². The van der Waals surface area contributed by atoms with Gasteiger partial charge >= 0.3 is 5.97 Å². The van der Waals surface area contributed by atoms with Gasteiger partial charge in [-0.3, -0.25) is 9.78 Å². The summed E-state index contributed by atoms with van der Waals surface area (Å²) in [5.74, 6) is -1.63. The van der Waals surface area contributed by atoms with E-state index in [-0.39, 0.29) is 6.54 Å². The molecule has 0 fully saturated rings. The molecular formula is C8H9BrN2O2. The molecule has 0 amide bonds. The van der Waals surface area contributed by atoms with E-state index in [0.717, 1.165) is 4.47 Å². The zero-order valence-electron chi connectivity index (χ0n) is 6.77. The van der Waals surface area contributed by atoms with Crippen LogP contribution in [-0.2, 0) is 4.79 Å². The third-order valence-corrected chi connectivity index (χ3v) is 2.43. The molecule has 1 aromatic heterocycles. The van der Waals surface area contributed by atoms with Crippen LogP contribution in [-0.4, -0.2) is 22.6 Å². The fourth-order valence-electron chi connectivity index (χ4n) is 1.01. The lowest BCUT2D eigenvalue weighted by Gasteiger charge is -2.10. The molecule has 70 valence electrons. The normalized spacial score (nSPS) is 12.5. The lowest BCUT2D eigenvalue weighted by molar-refractivity contribution is -0.138. The summed E-state index contributed by atoms with van der Waals surface area (Å²) in [6.07, 6.45) is 3.10. The Morgan fingerprint density at radius 1 is 1.77 bits per heavy atom. The Kier molecular flexibility index (Phi) is 3.39. The van der Waals surface area contributed by atoms with Gasteiger partial charge in [-0.05, 0) is 6.07 Å². The Morgan fingerprint density at radius 2 is 2.46 bits per heavy atom. The summed E-state index contributed by atoms with van der Waals surface area (Å²) in [7, 11) is 0. The number of carbonyl (C=O) groups is 1. The number of carboxylic acids is 1. The van der Waals surface area contributed by atoms with Crippen LogP contribution in [0.25, 0.3) is 0 Å². The SMILES string of the molecule is NCC(C(=O)O)c1cnccc1Br. The number of carboxylic acid groups (broad SMARTS) is 1. The maximum absolute atomic E-state index is 10.8. The summed E-state index contributed by atoms with van der Waals surface area (Å²) in [5, 5.41) is 8.82. The van der Waals surface area contributed by atoms with Gasteiger partial charge in [0, 0.05) is 29.0 Å². The molecule has 1 heterocycles. The van der Waals surface area contributed by atoms with E-state index >= 15 is 0 Å². The van der Waals surface area contributed by atoms with E-state index < -0.39 is 11.9 Å². The predicted molar refractivity (Wildman–Crippen MR) is 51.4 cm³/mol. The minimum atomic E-state index is -0.934. The standard InChI is InChI=1S/C8H9BrN2O2/c9-7-1-2-11-4-6(7)5(3-10)8(12)13/h1-2,4-5H,3,10H2,(H,12,13). The molecule has 0 spiro atoms. The molecule has 0 radical (unpaired) electrons. The van der Waals surface area contributed by atoms with E-state index in [1.165, 1.54) is 6.20 Å². The molecule has 13 heavy (non-hydrogen) atoms. The van der Waals surface area contributed by atoms with Gasteiger partial charge in [-0.1, -0.05) is 15.9 Å². The smallest absolute Gasteiger partial charge is 0.312 e. The van der Waals surface area contributed by atoms with E-state index in [4.69, 9.17) is 10.8 Å². The van der Waals surface area contributed by atoms with Crippen LogP contribution in [0, 0.1) is 0 Å². The zero-order valence-corrected chi connectivity index (χ0v) is 8.36. The highest BCUT2D eigenvalue weighted by Gasteiger charge is 2.20. The first kappa shape index (κ1) is 10.1. The number of hydrogen-bond donors (Lipinski definition) is 2. The van der Waals surface area contributed by atoms with Crippen molar-refractivity contribution in [2.24, 2.45) is 5.73 Å². The Hall–Kier alpha value is -0.940. The summed E-state index contributed by atoms with van der Waals surface area (Å²) in [6.45, 7) is 0.0691. The Bertz CT molecular complexity index is 317. The lowest BCUT2D eigenvalue weighted by Crippen LogP contribution is -2.21. The molecule has 0 aliphatic rings. The Balaban J connectivity index is 3.04. The van der Waals surface area contributed by atoms with Crippen molar-refractivity contribution >= 4 is 21.9 Å². The van der Waals surface area contributed by atoms with Crippen molar-refractivity contribution < 1.29 is 9.90 Å². The second-order valence-corrected chi connectivity index (χ2v) is 3.38. The minimum absolute atomic E-state index is 0.0691. The molecule has 0 bridgehead atoms. The lowest BCUT2D eigenvalue weighted by atomic mass is 10.0. The van der Waals surface area contributed by atoms with Gasteiger partial charge in [0.2, 0.25) is 0 Å². The molecule has 3 N–H and O–H groups in total. The second kappa shape index (κ2) is 4.34. The molecule has 1 aromatic rings. The highest BCUT2D eigenvalue weighted by atomic mass is 79.9. The summed E-state index contributed by atoms with van der Waals surface area (Å²) >= 11 is 3.25. The van der Waals surface area contributed by atoms with Crippen LogP contribution < -0.4 is 5.73 Å². The maximum Gasteiger partial charge on any atom is 0.312 e. The molecule has 0 aromatic carbocycles. The summed E-state index contributed by atoms with van der Waals surface area (Å²) < 4.78 is 0.723. The van der Waals surface area contributed by atoms with Crippen molar-refractivity contribution in [2.45, 2.75) is 5.92 Å². The molecule has 0 aliphatic heterocycles. The zero-order chi connectivity index (χ0) is 9.84. The highest BCUT2D eigenvalue weighted by Crippen LogP contribution is 2.23. The van der Waals surface area contributed by atoms with Gasteiger partial charge in [0.1, 0.15) is 0 Å². The largest absolute Gasteiger partial charge is 0.481 e. The van der Waals surface area contributed by atoms with Gasteiger partial charge in [-0.15, -0.1) is 0 Å². The van der Waals surface area contributed by atoms with Crippen LogP contribution >= 0.6 is 15.9 Å². The topological polar surface area (TPSA) is 76.2 Å². The predicted octanol–water partition coefficient (Wildman–Crippen LogP) is 0.971. The van der Waals surface area contributed by atoms with Gasteiger partial charge in [0.25, 0.3) is 0 Å². The molecule has 1 rings (SSSR count). The van der Waals surface area contributed by atoms with Crippen LogP contribution in [0.1, 0.15) is 11.5 Å². The summed E-state index contributed by atoms with van der Waals surface area (Å²) in [6, 6.07) is 1.70. The van der Waals surface area contributed by atoms with Crippen LogP contribution in [0.5, 0.6) is 0 Å². The molecule has 5 heteroatoms. The minimum Gasteiger partial charge on any atom is -0.481 e. The van der Waals surface area contributed by atoms with Gasteiger partial charge in [-0.25, -0.2) is 0 Å². The quantitative estimate of drug-likeness (QED) is 0.831. The van der Waals surface area contributed by atoms with Gasteiger partial charge in [0.15, 0.2) is 0 Å². The molecule has 0 saturated heterocycles. The molecule has 1 atom stereocenters. The third-order valence-electron chi connectivity index (χ3n) is 1.71. The maximum atomic E-state index is 10.8. The molecular weight excluding hydrogens is 236 g/mol. The van der Waals surface area contributed by atoms with E-state index in [1.54, 1.807) is 12.3 Å². The Labute approximate surface area is 83.9 Å². The monoisotopic (exact) mass is 244 g/mol. The highest BCUT2D eigenvalue weighted by molar-refractivity contribution is 9.10. The van der Waals surface area contributed by atoms with Crippen LogP contribution in [0.2, 0.25) is 0 Å². The number of pyridine rings is 1. The number of nitrogens with zero attached hydrogens (tertiary/aromatic N) is 1. The number of hydrogen-bond acceptors (Lipinski definition) is 3. The number of aliphatic carboxylic acids is 1. The van der Waals surface area contributed by atoms with Crippen molar-refractivity contribution in [3.05, 3.63) is 28.5 Å². The first-order valence-corrected chi connectivity index (χ1v) is 4.48. The van der Waals surface area contributed by atoms with Gasteiger partial charge in [-0.2, -0.15) is 0 Å². The fraction of sp³-hybridized carbons (Fsp3) is 0.250. The number of halogens is 1. The van der Waals surface area contributed by atoms with Crippen molar-refractivity contribution in [1.82, 2.24) is 4.98 Å². The summed E-state index contributed by atoms with van der Waals surface area (Å²) in [4.78, 5) is 14.6. The van der Waals surface area contributed by atoms with Crippen molar-refractivity contribution in [3.63, 3.8) is 0 Å². The molecule has 4 nitrogen and oxygen atoms in total. The van der Waals surface area contributed by atoms with Crippen LogP contribution in [0.15, 0.2) is 22.9 Å². The average Bonchev–Trinajstić information content (AvgIpc) is 2.09. The fourth-order valence-corrected chi connectivity index (χ4v) is 1.50. The molecule has 1 unspecified atom stereocenters. The van der Waals surface area contributed by atoms with Crippen molar-refractivity contribution in [1.29, 1.82) is 0 Å².